The minimum absolute atomic E-state index is 0.00228. The molecule has 0 aliphatic rings. The van der Waals surface area contributed by atoms with Gasteiger partial charge in [-0.25, -0.2) is 13.4 Å². The van der Waals surface area contributed by atoms with Gasteiger partial charge in [0, 0.05) is 17.2 Å². The summed E-state index contributed by atoms with van der Waals surface area (Å²) in [5, 5.41) is 0.415. The van der Waals surface area contributed by atoms with Gasteiger partial charge in [0.25, 0.3) is 10.0 Å². The number of ether oxygens (including phenoxy) is 2. The van der Waals surface area contributed by atoms with Crippen LogP contribution in [0, 0.1) is 0 Å². The van der Waals surface area contributed by atoms with Crippen molar-refractivity contribution < 1.29 is 31.1 Å². The number of halogens is 5. The first-order valence-corrected chi connectivity index (χ1v) is 13.1. The Kier molecular flexibility index (Phi) is 9.09. The zero-order chi connectivity index (χ0) is 26.5. The number of anilines is 1. The van der Waals surface area contributed by atoms with E-state index in [0.717, 1.165) is 12.1 Å². The Hall–Kier alpha value is -2.54. The molecule has 0 amide bonds. The van der Waals surface area contributed by atoms with Crippen molar-refractivity contribution in [3.63, 3.8) is 0 Å². The number of likely N-dealkylation sites (N-methyl/N-ethyl adjacent to an activating group) is 1. The van der Waals surface area contributed by atoms with Crippen molar-refractivity contribution in [2.24, 2.45) is 0 Å². The van der Waals surface area contributed by atoms with Crippen LogP contribution in [0.3, 0.4) is 0 Å². The van der Waals surface area contributed by atoms with Gasteiger partial charge in [-0.05, 0) is 65.9 Å². The molecule has 0 atom stereocenters. The largest absolute Gasteiger partial charge is 0.491 e. The molecule has 3 rings (SSSR count). The molecular weight excluding hydrogens is 587 g/mol. The van der Waals surface area contributed by atoms with Crippen molar-refractivity contribution in [2.75, 3.05) is 32.0 Å². The van der Waals surface area contributed by atoms with Gasteiger partial charge in [0.1, 0.15) is 19.0 Å². The molecule has 1 aromatic heterocycles. The molecule has 0 bridgehead atoms. The number of hydrogen-bond donors (Lipinski definition) is 1. The Balaban J connectivity index is 1.82. The second-order valence-corrected chi connectivity index (χ2v) is 10.8. The van der Waals surface area contributed by atoms with Gasteiger partial charge in [0.15, 0.2) is 11.6 Å². The van der Waals surface area contributed by atoms with Crippen LogP contribution in [0.25, 0.3) is 0 Å². The molecule has 0 unspecified atom stereocenters. The highest BCUT2D eigenvalue weighted by atomic mass is 79.9. The smallest absolute Gasteiger partial charge is 0.417 e. The number of benzene rings is 2. The predicted octanol–water partition coefficient (Wildman–Crippen LogP) is 5.84. The average Bonchev–Trinajstić information content (AvgIpc) is 2.80. The van der Waals surface area contributed by atoms with E-state index in [9.17, 15) is 21.6 Å². The first-order chi connectivity index (χ1) is 16.9. The van der Waals surface area contributed by atoms with E-state index in [1.165, 1.54) is 18.3 Å². The zero-order valence-corrected chi connectivity index (χ0v) is 22.3. The lowest BCUT2D eigenvalue weighted by molar-refractivity contribution is -0.139. The Morgan fingerprint density at radius 3 is 2.50 bits per heavy atom. The molecule has 36 heavy (non-hydrogen) atoms. The van der Waals surface area contributed by atoms with Crippen molar-refractivity contribution in [2.45, 2.75) is 17.7 Å². The maximum Gasteiger partial charge on any atom is 0.417 e. The summed E-state index contributed by atoms with van der Waals surface area (Å²) >= 11 is 9.43. The summed E-state index contributed by atoms with van der Waals surface area (Å²) in [7, 11) is -0.821. The van der Waals surface area contributed by atoms with E-state index in [-0.39, 0.29) is 18.2 Å². The first-order valence-electron chi connectivity index (χ1n) is 10.4. The number of nitrogens with zero attached hydrogens (tertiary/aromatic N) is 2. The summed E-state index contributed by atoms with van der Waals surface area (Å²) in [5.74, 6) is 0.186. The second-order valence-electron chi connectivity index (χ2n) is 7.80. The monoisotopic (exact) mass is 607 g/mol. The number of alkyl halides is 3. The van der Waals surface area contributed by atoms with Gasteiger partial charge in [0.2, 0.25) is 0 Å². The van der Waals surface area contributed by atoms with Crippen molar-refractivity contribution in [1.82, 2.24) is 9.88 Å². The van der Waals surface area contributed by atoms with Crippen LogP contribution in [-0.2, 0) is 22.8 Å². The minimum atomic E-state index is -4.86. The fourth-order valence-corrected chi connectivity index (χ4v) is 4.70. The van der Waals surface area contributed by atoms with E-state index in [2.05, 4.69) is 25.6 Å². The molecule has 0 saturated carbocycles. The van der Waals surface area contributed by atoms with Crippen LogP contribution in [0.5, 0.6) is 11.5 Å². The Bertz CT molecular complexity index is 1320. The third-order valence-electron chi connectivity index (χ3n) is 4.72. The highest BCUT2D eigenvalue weighted by Gasteiger charge is 2.37. The van der Waals surface area contributed by atoms with Crippen LogP contribution in [0.15, 0.2) is 64.1 Å². The van der Waals surface area contributed by atoms with Gasteiger partial charge in [-0.3, -0.25) is 4.72 Å². The summed E-state index contributed by atoms with van der Waals surface area (Å²) in [5.41, 5.74) is -0.629. The predicted molar refractivity (Wildman–Crippen MR) is 134 cm³/mol. The summed E-state index contributed by atoms with van der Waals surface area (Å²) in [6.45, 7) is 1.08. The lowest BCUT2D eigenvalue weighted by atomic mass is 10.2. The number of aromatic nitrogens is 1. The van der Waals surface area contributed by atoms with Gasteiger partial charge in [-0.15, -0.1) is 0 Å². The highest BCUT2D eigenvalue weighted by molar-refractivity contribution is 9.10. The molecule has 13 heteroatoms. The number of pyridine rings is 1. The van der Waals surface area contributed by atoms with Crippen molar-refractivity contribution in [3.05, 3.63) is 75.4 Å². The van der Waals surface area contributed by atoms with E-state index < -0.39 is 26.7 Å². The van der Waals surface area contributed by atoms with E-state index in [0.29, 0.717) is 40.0 Å². The number of sulfonamides is 1. The third kappa shape index (κ3) is 7.48. The standard InChI is InChI=1S/C23H22BrClF3N3O4S/c1-31(2)9-10-34-19-11-15(7-8-18(19)25)14-35-20-12-16(24)13-29-22(20)30-36(32,33)21-6-4-3-5-17(21)23(26,27)28/h3-8,11-13H,9-10,14H2,1-2H3,(H,29,30). The van der Waals surface area contributed by atoms with Crippen molar-refractivity contribution in [3.8, 4) is 11.5 Å². The van der Waals surface area contributed by atoms with Crippen LogP contribution in [-0.4, -0.2) is 45.5 Å². The van der Waals surface area contributed by atoms with Crippen LogP contribution in [0.2, 0.25) is 5.02 Å². The molecule has 1 heterocycles. The molecule has 7 nitrogen and oxygen atoms in total. The molecule has 3 aromatic rings. The minimum Gasteiger partial charge on any atom is -0.491 e. The van der Waals surface area contributed by atoms with Crippen molar-refractivity contribution in [1.29, 1.82) is 0 Å². The van der Waals surface area contributed by atoms with Crippen molar-refractivity contribution >= 4 is 43.4 Å². The van der Waals surface area contributed by atoms with E-state index >= 15 is 0 Å². The Labute approximate surface area is 220 Å². The summed E-state index contributed by atoms with van der Waals surface area (Å²) < 4.78 is 79.9. The summed E-state index contributed by atoms with van der Waals surface area (Å²) in [4.78, 5) is 5.02. The molecule has 0 saturated heterocycles. The maximum absolute atomic E-state index is 13.4. The molecule has 194 valence electrons. The lowest BCUT2D eigenvalue weighted by Crippen LogP contribution is -2.20. The lowest BCUT2D eigenvalue weighted by Gasteiger charge is -2.16. The quantitative estimate of drug-likeness (QED) is 0.312. The summed E-state index contributed by atoms with van der Waals surface area (Å²) in [6, 6.07) is 10.4. The maximum atomic E-state index is 13.4. The fraction of sp³-hybridized carbons (Fsp3) is 0.261. The SMILES string of the molecule is CN(C)CCOc1cc(COc2cc(Br)cnc2NS(=O)(=O)c2ccccc2C(F)(F)F)ccc1Cl. The van der Waals surface area contributed by atoms with Gasteiger partial charge in [-0.1, -0.05) is 29.8 Å². The second kappa shape index (κ2) is 11.7. The molecule has 0 aliphatic carbocycles. The molecule has 0 radical (unpaired) electrons. The fourth-order valence-electron chi connectivity index (χ4n) is 2.97. The normalized spacial score (nSPS) is 12.0. The number of hydrogen-bond acceptors (Lipinski definition) is 6. The zero-order valence-electron chi connectivity index (χ0n) is 19.1. The van der Waals surface area contributed by atoms with Gasteiger partial charge >= 0.3 is 6.18 Å². The van der Waals surface area contributed by atoms with Crippen LogP contribution in [0.1, 0.15) is 11.1 Å². The third-order valence-corrected chi connectivity index (χ3v) is 6.86. The first kappa shape index (κ1) is 28.0. The average molecular weight is 609 g/mol. The van der Waals surface area contributed by atoms with Gasteiger partial charge in [0.05, 0.1) is 15.5 Å². The van der Waals surface area contributed by atoms with Gasteiger partial charge in [-0.2, -0.15) is 13.2 Å². The van der Waals surface area contributed by atoms with E-state index in [4.69, 9.17) is 21.1 Å². The molecule has 0 aliphatic heterocycles. The van der Waals surface area contributed by atoms with Crippen LogP contribution in [0.4, 0.5) is 19.0 Å². The van der Waals surface area contributed by atoms with E-state index in [1.807, 2.05) is 19.0 Å². The number of rotatable bonds is 10. The number of nitrogens with one attached hydrogen (secondary N) is 1. The molecule has 0 fully saturated rings. The van der Waals surface area contributed by atoms with Crippen LogP contribution < -0.4 is 14.2 Å². The summed E-state index contributed by atoms with van der Waals surface area (Å²) in [6.07, 6.45) is -3.57. The molecule has 2 aromatic carbocycles. The van der Waals surface area contributed by atoms with Crippen LogP contribution >= 0.6 is 27.5 Å². The molecule has 1 N–H and O–H groups in total. The van der Waals surface area contributed by atoms with E-state index in [1.54, 1.807) is 18.2 Å². The molecule has 0 spiro atoms. The Morgan fingerprint density at radius 2 is 1.81 bits per heavy atom. The topological polar surface area (TPSA) is 80.8 Å². The molecular formula is C23H22BrClF3N3O4S. The Morgan fingerprint density at radius 1 is 1.08 bits per heavy atom. The van der Waals surface area contributed by atoms with Gasteiger partial charge < -0.3 is 14.4 Å². The highest BCUT2D eigenvalue weighted by Crippen LogP contribution is 2.36.